The number of ether oxygens (including phenoxy) is 2. The molecule has 1 aromatic heterocycles. The number of methoxy groups -OCH3 is 2. The molecule has 0 amide bonds. The van der Waals surface area contributed by atoms with Gasteiger partial charge >= 0.3 is 0 Å². The van der Waals surface area contributed by atoms with Crippen LogP contribution in [0.1, 0.15) is 55.0 Å². The number of aromatic nitrogens is 2. The zero-order chi connectivity index (χ0) is 21.1. The maximum atomic E-state index is 13.3. The van der Waals surface area contributed by atoms with Gasteiger partial charge in [0.05, 0.1) is 31.3 Å². The molecule has 156 valence electrons. The Morgan fingerprint density at radius 3 is 2.57 bits per heavy atom. The van der Waals surface area contributed by atoms with Crippen LogP contribution in [-0.2, 0) is 0 Å². The molecule has 4 rings (SSSR count). The fraction of sp³-hybridized carbons (Fsp3) is 0.375. The van der Waals surface area contributed by atoms with Crippen LogP contribution in [0.25, 0.3) is 10.9 Å². The SMILES string of the molecule is COc1ccc(C=Nn2c(C3CCCCC3)nc3ccccc3c2=O)c(OC)c1C. The average molecular weight is 405 g/mol. The van der Waals surface area contributed by atoms with Gasteiger partial charge in [-0.2, -0.15) is 9.78 Å². The second-order valence-corrected chi connectivity index (χ2v) is 7.70. The van der Waals surface area contributed by atoms with Crippen molar-refractivity contribution in [2.45, 2.75) is 44.9 Å². The third-order valence-electron chi connectivity index (χ3n) is 5.87. The van der Waals surface area contributed by atoms with Crippen LogP contribution in [0.2, 0.25) is 0 Å². The Labute approximate surface area is 176 Å². The molecular weight excluding hydrogens is 378 g/mol. The van der Waals surface area contributed by atoms with Crippen molar-refractivity contribution in [1.82, 2.24) is 9.66 Å². The van der Waals surface area contributed by atoms with Crippen molar-refractivity contribution in [3.8, 4) is 11.5 Å². The van der Waals surface area contributed by atoms with Gasteiger partial charge in [0.1, 0.15) is 17.3 Å². The predicted molar refractivity (Wildman–Crippen MR) is 119 cm³/mol. The van der Waals surface area contributed by atoms with Gasteiger partial charge in [-0.15, -0.1) is 0 Å². The minimum atomic E-state index is -0.137. The predicted octanol–water partition coefficient (Wildman–Crippen LogP) is 4.65. The van der Waals surface area contributed by atoms with E-state index in [2.05, 4.69) is 5.10 Å². The molecule has 0 aliphatic heterocycles. The lowest BCUT2D eigenvalue weighted by Crippen LogP contribution is -2.25. The van der Waals surface area contributed by atoms with Gasteiger partial charge in [-0.05, 0) is 44.0 Å². The lowest BCUT2D eigenvalue weighted by atomic mass is 9.88. The normalized spacial score (nSPS) is 15.0. The molecule has 0 unspecified atom stereocenters. The largest absolute Gasteiger partial charge is 0.496 e. The monoisotopic (exact) mass is 405 g/mol. The fourth-order valence-corrected chi connectivity index (χ4v) is 4.29. The van der Waals surface area contributed by atoms with Gasteiger partial charge in [0.15, 0.2) is 0 Å². The van der Waals surface area contributed by atoms with Crippen molar-refractivity contribution in [2.75, 3.05) is 14.2 Å². The first-order valence-corrected chi connectivity index (χ1v) is 10.4. The third-order valence-corrected chi connectivity index (χ3v) is 5.87. The third kappa shape index (κ3) is 3.70. The van der Waals surface area contributed by atoms with Crippen LogP contribution in [0.15, 0.2) is 46.3 Å². The summed E-state index contributed by atoms with van der Waals surface area (Å²) in [6, 6.07) is 11.2. The molecule has 1 heterocycles. The standard InChI is InChI=1S/C24H27N3O3/c1-16-21(29-2)14-13-18(22(16)30-3)15-25-27-23(17-9-5-4-6-10-17)26-20-12-8-7-11-19(20)24(27)28/h7-8,11-15,17H,4-6,9-10H2,1-3H3. The topological polar surface area (TPSA) is 65.7 Å². The van der Waals surface area contributed by atoms with E-state index in [-0.39, 0.29) is 11.5 Å². The summed E-state index contributed by atoms with van der Waals surface area (Å²) in [6.45, 7) is 1.94. The van der Waals surface area contributed by atoms with E-state index in [1.54, 1.807) is 26.5 Å². The first-order valence-electron chi connectivity index (χ1n) is 10.4. The van der Waals surface area contributed by atoms with Crippen molar-refractivity contribution in [1.29, 1.82) is 0 Å². The Morgan fingerprint density at radius 1 is 1.07 bits per heavy atom. The Balaban J connectivity index is 1.85. The molecule has 30 heavy (non-hydrogen) atoms. The molecule has 0 bridgehead atoms. The highest BCUT2D eigenvalue weighted by atomic mass is 16.5. The molecule has 1 fully saturated rings. The van der Waals surface area contributed by atoms with E-state index in [0.717, 1.165) is 53.9 Å². The molecule has 6 heteroatoms. The first-order chi connectivity index (χ1) is 14.6. The minimum absolute atomic E-state index is 0.137. The van der Waals surface area contributed by atoms with Crippen LogP contribution in [-0.4, -0.2) is 30.1 Å². The number of nitrogens with zero attached hydrogens (tertiary/aromatic N) is 3. The van der Waals surface area contributed by atoms with E-state index in [9.17, 15) is 4.79 Å². The fourth-order valence-electron chi connectivity index (χ4n) is 4.29. The molecule has 1 aliphatic carbocycles. The van der Waals surface area contributed by atoms with E-state index in [0.29, 0.717) is 11.1 Å². The van der Waals surface area contributed by atoms with Crippen LogP contribution in [0.4, 0.5) is 0 Å². The summed E-state index contributed by atoms with van der Waals surface area (Å²) in [7, 11) is 3.25. The second-order valence-electron chi connectivity index (χ2n) is 7.70. The molecule has 1 aliphatic rings. The van der Waals surface area contributed by atoms with Crippen LogP contribution >= 0.6 is 0 Å². The lowest BCUT2D eigenvalue weighted by molar-refractivity contribution is 0.388. The van der Waals surface area contributed by atoms with Gasteiger partial charge in [-0.25, -0.2) is 4.98 Å². The van der Waals surface area contributed by atoms with Gasteiger partial charge < -0.3 is 9.47 Å². The highest BCUT2D eigenvalue weighted by molar-refractivity contribution is 5.85. The van der Waals surface area contributed by atoms with Gasteiger partial charge in [-0.3, -0.25) is 4.79 Å². The molecule has 2 aromatic carbocycles. The van der Waals surface area contributed by atoms with Crippen molar-refractivity contribution < 1.29 is 9.47 Å². The van der Waals surface area contributed by atoms with Crippen molar-refractivity contribution >= 4 is 17.1 Å². The molecule has 0 saturated heterocycles. The maximum Gasteiger partial charge on any atom is 0.282 e. The smallest absolute Gasteiger partial charge is 0.282 e. The van der Waals surface area contributed by atoms with E-state index in [1.807, 2.05) is 37.3 Å². The maximum absolute atomic E-state index is 13.3. The van der Waals surface area contributed by atoms with Crippen molar-refractivity contribution in [2.24, 2.45) is 5.10 Å². The molecule has 6 nitrogen and oxygen atoms in total. The summed E-state index contributed by atoms with van der Waals surface area (Å²) in [5, 5.41) is 5.18. The Morgan fingerprint density at radius 2 is 1.83 bits per heavy atom. The molecule has 1 saturated carbocycles. The molecule has 0 N–H and O–H groups in total. The van der Waals surface area contributed by atoms with Gasteiger partial charge in [0.25, 0.3) is 5.56 Å². The molecule has 0 atom stereocenters. The second kappa shape index (κ2) is 8.69. The van der Waals surface area contributed by atoms with E-state index in [4.69, 9.17) is 14.5 Å². The number of rotatable bonds is 5. The Hall–Kier alpha value is -3.15. The zero-order valence-electron chi connectivity index (χ0n) is 17.7. The van der Waals surface area contributed by atoms with E-state index < -0.39 is 0 Å². The Kier molecular flexibility index (Phi) is 5.84. The molecule has 0 spiro atoms. The van der Waals surface area contributed by atoms with Crippen molar-refractivity contribution in [3.05, 3.63) is 63.7 Å². The number of para-hydroxylation sites is 1. The van der Waals surface area contributed by atoms with Crippen molar-refractivity contribution in [3.63, 3.8) is 0 Å². The van der Waals surface area contributed by atoms with Gasteiger partial charge in [0.2, 0.25) is 0 Å². The molecular formula is C24H27N3O3. The average Bonchev–Trinajstić information content (AvgIpc) is 2.79. The number of benzene rings is 2. The summed E-state index contributed by atoms with van der Waals surface area (Å²) in [5.41, 5.74) is 2.26. The Bertz CT molecular complexity index is 1140. The summed E-state index contributed by atoms with van der Waals surface area (Å²) >= 11 is 0. The van der Waals surface area contributed by atoms with E-state index >= 15 is 0 Å². The summed E-state index contributed by atoms with van der Waals surface area (Å²) in [5.74, 6) is 2.42. The molecule has 0 radical (unpaired) electrons. The highest BCUT2D eigenvalue weighted by Crippen LogP contribution is 2.32. The van der Waals surface area contributed by atoms with Crippen LogP contribution in [0.5, 0.6) is 11.5 Å². The summed E-state index contributed by atoms with van der Waals surface area (Å²) < 4.78 is 12.4. The molecule has 3 aromatic rings. The van der Waals surface area contributed by atoms with Gasteiger partial charge in [0, 0.05) is 17.0 Å². The van der Waals surface area contributed by atoms with Crippen LogP contribution in [0, 0.1) is 6.92 Å². The first kappa shape index (κ1) is 20.1. The van der Waals surface area contributed by atoms with E-state index in [1.165, 1.54) is 11.1 Å². The quantitative estimate of drug-likeness (QED) is 0.580. The lowest BCUT2D eigenvalue weighted by Gasteiger charge is -2.22. The van der Waals surface area contributed by atoms with Gasteiger partial charge in [-0.1, -0.05) is 31.4 Å². The number of fused-ring (bicyclic) bond motifs is 1. The number of hydrogen-bond donors (Lipinski definition) is 0. The van der Waals surface area contributed by atoms with Crippen LogP contribution in [0.3, 0.4) is 0 Å². The minimum Gasteiger partial charge on any atom is -0.496 e. The zero-order valence-corrected chi connectivity index (χ0v) is 17.7. The summed E-state index contributed by atoms with van der Waals surface area (Å²) in [6.07, 6.45) is 7.29. The van der Waals surface area contributed by atoms with Crippen LogP contribution < -0.4 is 15.0 Å². The highest BCUT2D eigenvalue weighted by Gasteiger charge is 2.22. The summed E-state index contributed by atoms with van der Waals surface area (Å²) in [4.78, 5) is 18.2. The number of hydrogen-bond acceptors (Lipinski definition) is 5.